The van der Waals surface area contributed by atoms with Crippen LogP contribution in [0.4, 0.5) is 4.39 Å². The van der Waals surface area contributed by atoms with Crippen LogP contribution in [0.1, 0.15) is 24.8 Å². The second kappa shape index (κ2) is 6.73. The van der Waals surface area contributed by atoms with Crippen molar-refractivity contribution in [2.75, 3.05) is 20.8 Å². The Morgan fingerprint density at radius 1 is 1.38 bits per heavy atom. The molecule has 1 N–H and O–H groups in total. The molecule has 3 rings (SSSR count). The molecule has 1 amide bonds. The van der Waals surface area contributed by atoms with E-state index in [4.69, 9.17) is 4.74 Å². The lowest BCUT2D eigenvalue weighted by Crippen LogP contribution is -2.48. The second-order valence-corrected chi connectivity index (χ2v) is 6.51. The van der Waals surface area contributed by atoms with Gasteiger partial charge in [0.05, 0.1) is 23.9 Å². The summed E-state index contributed by atoms with van der Waals surface area (Å²) < 4.78 is 18.4. The predicted octanol–water partition coefficient (Wildman–Crippen LogP) is 2.99. The van der Waals surface area contributed by atoms with Gasteiger partial charge in [-0.3, -0.25) is 9.89 Å². The van der Waals surface area contributed by atoms with E-state index in [1.54, 1.807) is 37.4 Å². The van der Waals surface area contributed by atoms with Crippen molar-refractivity contribution in [3.8, 4) is 11.3 Å². The van der Waals surface area contributed by atoms with E-state index in [1.165, 1.54) is 12.1 Å². The fraction of sp³-hybridized carbons (Fsp3) is 0.444. The molecule has 0 unspecified atom stereocenters. The van der Waals surface area contributed by atoms with Gasteiger partial charge in [0, 0.05) is 31.8 Å². The number of ether oxygens (including phenoxy) is 1. The molecule has 6 heteroatoms. The molecule has 1 saturated carbocycles. The van der Waals surface area contributed by atoms with Crippen LogP contribution in [0.15, 0.2) is 30.5 Å². The minimum absolute atomic E-state index is 0.113. The number of nitrogens with zero attached hydrogens (tertiary/aromatic N) is 2. The van der Waals surface area contributed by atoms with Crippen LogP contribution >= 0.6 is 0 Å². The molecule has 1 heterocycles. The number of methoxy groups -OCH3 is 1. The smallest absolute Gasteiger partial charge is 0.231 e. The van der Waals surface area contributed by atoms with Crippen molar-refractivity contribution in [3.05, 3.63) is 41.8 Å². The van der Waals surface area contributed by atoms with Crippen LogP contribution in [0.2, 0.25) is 0 Å². The van der Waals surface area contributed by atoms with Gasteiger partial charge in [0.1, 0.15) is 5.82 Å². The number of benzene rings is 1. The summed E-state index contributed by atoms with van der Waals surface area (Å²) in [4.78, 5) is 14.6. The van der Waals surface area contributed by atoms with E-state index in [2.05, 4.69) is 10.2 Å². The monoisotopic (exact) mass is 331 g/mol. The van der Waals surface area contributed by atoms with Crippen molar-refractivity contribution in [1.82, 2.24) is 15.1 Å². The summed E-state index contributed by atoms with van der Waals surface area (Å²) in [5.74, 6) is -0.166. The number of nitrogens with one attached hydrogen (secondary N) is 1. The molecule has 0 saturated heterocycles. The van der Waals surface area contributed by atoms with Crippen molar-refractivity contribution < 1.29 is 13.9 Å². The molecule has 5 nitrogen and oxygen atoms in total. The number of carbonyl (C=O) groups is 1. The number of rotatable bonds is 6. The highest BCUT2D eigenvalue weighted by Gasteiger charge is 2.45. The van der Waals surface area contributed by atoms with Crippen molar-refractivity contribution in [2.24, 2.45) is 5.41 Å². The highest BCUT2D eigenvalue weighted by atomic mass is 19.1. The molecule has 0 atom stereocenters. The van der Waals surface area contributed by atoms with Gasteiger partial charge in [0.2, 0.25) is 5.91 Å². The first-order valence-electron chi connectivity index (χ1n) is 8.08. The van der Waals surface area contributed by atoms with E-state index < -0.39 is 0 Å². The number of H-pyrrole nitrogens is 1. The average Bonchev–Trinajstić information content (AvgIpc) is 2.99. The quantitative estimate of drug-likeness (QED) is 0.885. The number of aromatic nitrogens is 2. The number of hydrogen-bond acceptors (Lipinski definition) is 3. The highest BCUT2D eigenvalue weighted by Crippen LogP contribution is 2.42. The Morgan fingerprint density at radius 2 is 2.08 bits per heavy atom. The van der Waals surface area contributed by atoms with Gasteiger partial charge in [-0.25, -0.2) is 4.39 Å². The van der Waals surface area contributed by atoms with Gasteiger partial charge in [-0.05, 0) is 37.1 Å². The predicted molar refractivity (Wildman–Crippen MR) is 88.6 cm³/mol. The third-order valence-corrected chi connectivity index (χ3v) is 4.79. The lowest BCUT2D eigenvalue weighted by Gasteiger charge is -2.42. The standard InChI is InChI=1S/C18H22FN3O2/c1-22(17(23)18(12-24-2)8-3-9-18)11-14-10-20-21-16(14)13-4-6-15(19)7-5-13/h4-7,10H,3,8-9,11-12H2,1-2H3,(H,20,21). The van der Waals surface area contributed by atoms with Crippen molar-refractivity contribution in [2.45, 2.75) is 25.8 Å². The lowest BCUT2D eigenvalue weighted by molar-refractivity contribution is -0.151. The minimum Gasteiger partial charge on any atom is -0.384 e. The van der Waals surface area contributed by atoms with Crippen LogP contribution < -0.4 is 0 Å². The Hall–Kier alpha value is -2.21. The third-order valence-electron chi connectivity index (χ3n) is 4.79. The minimum atomic E-state index is -0.372. The second-order valence-electron chi connectivity index (χ2n) is 6.51. The SMILES string of the molecule is COCC1(C(=O)N(C)Cc2cn[nH]c2-c2ccc(F)cc2)CCC1. The molecule has 0 bridgehead atoms. The molecule has 0 radical (unpaired) electrons. The average molecular weight is 331 g/mol. The largest absolute Gasteiger partial charge is 0.384 e. The van der Waals surface area contributed by atoms with Crippen molar-refractivity contribution in [3.63, 3.8) is 0 Å². The van der Waals surface area contributed by atoms with Gasteiger partial charge >= 0.3 is 0 Å². The first-order chi connectivity index (χ1) is 11.6. The van der Waals surface area contributed by atoms with Crippen LogP contribution in [0, 0.1) is 11.2 Å². The van der Waals surface area contributed by atoms with Crippen LogP contribution in [-0.4, -0.2) is 41.8 Å². The van der Waals surface area contributed by atoms with E-state index >= 15 is 0 Å². The number of amides is 1. The molecular weight excluding hydrogens is 309 g/mol. The van der Waals surface area contributed by atoms with Crippen LogP contribution in [0.3, 0.4) is 0 Å². The van der Waals surface area contributed by atoms with E-state index in [0.29, 0.717) is 13.2 Å². The zero-order chi connectivity index (χ0) is 17.2. The molecule has 1 aliphatic carbocycles. The van der Waals surface area contributed by atoms with Crippen LogP contribution in [0.5, 0.6) is 0 Å². The fourth-order valence-electron chi connectivity index (χ4n) is 3.33. The molecule has 2 aromatic rings. The number of hydrogen-bond donors (Lipinski definition) is 1. The van der Waals surface area contributed by atoms with E-state index in [-0.39, 0.29) is 17.1 Å². The Kier molecular flexibility index (Phi) is 4.66. The summed E-state index contributed by atoms with van der Waals surface area (Å²) >= 11 is 0. The topological polar surface area (TPSA) is 58.2 Å². The summed E-state index contributed by atoms with van der Waals surface area (Å²) in [6.07, 6.45) is 4.53. The molecule has 0 spiro atoms. The highest BCUT2D eigenvalue weighted by molar-refractivity contribution is 5.83. The Balaban J connectivity index is 1.76. The number of carbonyl (C=O) groups excluding carboxylic acids is 1. The first-order valence-corrected chi connectivity index (χ1v) is 8.08. The lowest BCUT2D eigenvalue weighted by atomic mass is 9.68. The molecule has 1 aromatic heterocycles. The van der Waals surface area contributed by atoms with Crippen molar-refractivity contribution >= 4 is 5.91 Å². The van der Waals surface area contributed by atoms with E-state index in [1.807, 2.05) is 0 Å². The van der Waals surface area contributed by atoms with Gasteiger partial charge < -0.3 is 9.64 Å². The maximum Gasteiger partial charge on any atom is 0.231 e. The molecule has 1 aromatic carbocycles. The zero-order valence-electron chi connectivity index (χ0n) is 14.0. The maximum absolute atomic E-state index is 13.1. The molecular formula is C18H22FN3O2. The van der Waals surface area contributed by atoms with Gasteiger partial charge in [-0.15, -0.1) is 0 Å². The van der Waals surface area contributed by atoms with Gasteiger partial charge in [0.15, 0.2) is 0 Å². The number of aromatic amines is 1. The van der Waals surface area contributed by atoms with Crippen LogP contribution in [0.25, 0.3) is 11.3 Å². The normalized spacial score (nSPS) is 15.8. The zero-order valence-corrected chi connectivity index (χ0v) is 14.0. The van der Waals surface area contributed by atoms with Gasteiger partial charge in [-0.2, -0.15) is 5.10 Å². The molecule has 24 heavy (non-hydrogen) atoms. The Bertz CT molecular complexity index is 707. The number of halogens is 1. The summed E-state index contributed by atoms with van der Waals surface area (Å²) in [7, 11) is 3.44. The Morgan fingerprint density at radius 3 is 2.67 bits per heavy atom. The summed E-state index contributed by atoms with van der Waals surface area (Å²) in [6, 6.07) is 6.23. The molecule has 128 valence electrons. The maximum atomic E-state index is 13.1. The third kappa shape index (κ3) is 3.06. The first kappa shape index (κ1) is 16.6. The molecule has 1 fully saturated rings. The van der Waals surface area contributed by atoms with Crippen molar-refractivity contribution in [1.29, 1.82) is 0 Å². The summed E-state index contributed by atoms with van der Waals surface area (Å²) in [6.45, 7) is 0.917. The summed E-state index contributed by atoms with van der Waals surface area (Å²) in [5, 5.41) is 7.03. The van der Waals surface area contributed by atoms with Crippen LogP contribution in [-0.2, 0) is 16.1 Å². The van der Waals surface area contributed by atoms with E-state index in [9.17, 15) is 9.18 Å². The molecule has 0 aliphatic heterocycles. The fourth-order valence-corrected chi connectivity index (χ4v) is 3.33. The molecule has 1 aliphatic rings. The van der Waals surface area contributed by atoms with Gasteiger partial charge in [-0.1, -0.05) is 6.42 Å². The van der Waals surface area contributed by atoms with Gasteiger partial charge in [0.25, 0.3) is 0 Å². The summed E-state index contributed by atoms with van der Waals surface area (Å²) in [5.41, 5.74) is 2.19. The Labute approximate surface area is 140 Å². The van der Waals surface area contributed by atoms with E-state index in [0.717, 1.165) is 36.1 Å².